The molecule has 2 nitrogen and oxygen atoms in total. The van der Waals surface area contributed by atoms with Crippen molar-refractivity contribution in [3.8, 4) is 0 Å². The summed E-state index contributed by atoms with van der Waals surface area (Å²) < 4.78 is 0. The summed E-state index contributed by atoms with van der Waals surface area (Å²) in [5.74, 6) is 0. The molecule has 1 heterocycles. The van der Waals surface area contributed by atoms with Crippen molar-refractivity contribution in [1.82, 2.24) is 10.2 Å². The van der Waals surface area contributed by atoms with Crippen LogP contribution in [0.15, 0.2) is 30.3 Å². The van der Waals surface area contributed by atoms with Crippen LogP contribution in [0.25, 0.3) is 0 Å². The van der Waals surface area contributed by atoms with Crippen molar-refractivity contribution in [3.63, 3.8) is 0 Å². The van der Waals surface area contributed by atoms with E-state index in [-0.39, 0.29) is 0 Å². The normalized spacial score (nSPS) is 26.6. The summed E-state index contributed by atoms with van der Waals surface area (Å²) in [6.07, 6.45) is 5.17. The van der Waals surface area contributed by atoms with Gasteiger partial charge in [-0.15, -0.1) is 0 Å². The zero-order valence-corrected chi connectivity index (χ0v) is 13.5. The Bertz CT molecular complexity index is 390. The van der Waals surface area contributed by atoms with E-state index in [0.717, 1.165) is 6.04 Å². The SMILES string of the molecule is CCC1CCC(C)N1C(CC)C(NC)c1ccccc1. The Hall–Kier alpha value is -0.860. The molecular formula is C18H30N2. The lowest BCUT2D eigenvalue weighted by Crippen LogP contribution is -2.48. The molecule has 0 saturated carbocycles. The minimum absolute atomic E-state index is 0.427. The van der Waals surface area contributed by atoms with Crippen molar-refractivity contribution in [2.24, 2.45) is 0 Å². The largest absolute Gasteiger partial charge is 0.312 e. The zero-order valence-electron chi connectivity index (χ0n) is 13.5. The standard InChI is InChI=1S/C18H30N2/c1-5-16-13-12-14(3)20(16)17(6-2)18(19-4)15-10-8-7-9-11-15/h7-11,14,16-19H,5-6,12-13H2,1-4H3. The van der Waals surface area contributed by atoms with E-state index in [1.54, 1.807) is 0 Å². The molecule has 0 radical (unpaired) electrons. The van der Waals surface area contributed by atoms with Gasteiger partial charge in [-0.1, -0.05) is 44.2 Å². The first-order valence-electron chi connectivity index (χ1n) is 8.22. The van der Waals surface area contributed by atoms with E-state index in [1.807, 2.05) is 0 Å². The molecule has 0 aromatic heterocycles. The lowest BCUT2D eigenvalue weighted by atomic mass is 9.94. The third-order valence-electron chi connectivity index (χ3n) is 4.98. The second-order valence-corrected chi connectivity index (χ2v) is 6.09. The Kier molecular flexibility index (Phi) is 5.62. The van der Waals surface area contributed by atoms with E-state index in [9.17, 15) is 0 Å². The minimum atomic E-state index is 0.427. The van der Waals surface area contributed by atoms with E-state index >= 15 is 0 Å². The minimum Gasteiger partial charge on any atom is -0.312 e. The highest BCUT2D eigenvalue weighted by molar-refractivity contribution is 5.21. The van der Waals surface area contributed by atoms with Crippen molar-refractivity contribution < 1.29 is 0 Å². The molecule has 0 spiro atoms. The fraction of sp³-hybridized carbons (Fsp3) is 0.667. The third-order valence-corrected chi connectivity index (χ3v) is 4.98. The molecule has 112 valence electrons. The first-order valence-corrected chi connectivity index (χ1v) is 8.22. The van der Waals surface area contributed by atoms with Gasteiger partial charge in [0.05, 0.1) is 0 Å². The number of rotatable bonds is 6. The van der Waals surface area contributed by atoms with Gasteiger partial charge in [0.2, 0.25) is 0 Å². The van der Waals surface area contributed by atoms with Crippen LogP contribution in [0.3, 0.4) is 0 Å². The van der Waals surface area contributed by atoms with Crippen molar-refractivity contribution in [2.45, 2.75) is 70.6 Å². The molecule has 2 heteroatoms. The van der Waals surface area contributed by atoms with E-state index in [0.29, 0.717) is 18.1 Å². The van der Waals surface area contributed by atoms with Gasteiger partial charge in [0, 0.05) is 24.2 Å². The number of nitrogens with zero attached hydrogens (tertiary/aromatic N) is 1. The van der Waals surface area contributed by atoms with Crippen LogP contribution < -0.4 is 5.32 Å². The van der Waals surface area contributed by atoms with Gasteiger partial charge in [0.25, 0.3) is 0 Å². The van der Waals surface area contributed by atoms with Crippen LogP contribution in [0, 0.1) is 0 Å². The third kappa shape index (κ3) is 3.07. The maximum absolute atomic E-state index is 3.57. The van der Waals surface area contributed by atoms with Crippen LogP contribution in [0.4, 0.5) is 0 Å². The molecule has 4 atom stereocenters. The van der Waals surface area contributed by atoms with Crippen molar-refractivity contribution in [2.75, 3.05) is 7.05 Å². The van der Waals surface area contributed by atoms with Gasteiger partial charge < -0.3 is 5.32 Å². The van der Waals surface area contributed by atoms with Crippen molar-refractivity contribution in [1.29, 1.82) is 0 Å². The quantitative estimate of drug-likeness (QED) is 0.844. The summed E-state index contributed by atoms with van der Waals surface area (Å²) in [4.78, 5) is 2.79. The lowest BCUT2D eigenvalue weighted by molar-refractivity contribution is 0.101. The first kappa shape index (κ1) is 15.5. The molecular weight excluding hydrogens is 244 g/mol. The highest BCUT2D eigenvalue weighted by Gasteiger charge is 2.37. The van der Waals surface area contributed by atoms with E-state index in [2.05, 4.69) is 68.4 Å². The molecule has 20 heavy (non-hydrogen) atoms. The highest BCUT2D eigenvalue weighted by Crippen LogP contribution is 2.34. The molecule has 0 aliphatic carbocycles. The average Bonchev–Trinajstić information content (AvgIpc) is 2.86. The second-order valence-electron chi connectivity index (χ2n) is 6.09. The Labute approximate surface area is 124 Å². The predicted molar refractivity (Wildman–Crippen MR) is 86.9 cm³/mol. The number of nitrogens with one attached hydrogen (secondary N) is 1. The summed E-state index contributed by atoms with van der Waals surface area (Å²) in [7, 11) is 2.10. The van der Waals surface area contributed by atoms with Gasteiger partial charge in [-0.25, -0.2) is 0 Å². The lowest BCUT2D eigenvalue weighted by Gasteiger charge is -2.40. The van der Waals surface area contributed by atoms with Crippen molar-refractivity contribution >= 4 is 0 Å². The van der Waals surface area contributed by atoms with Gasteiger partial charge in [0.1, 0.15) is 0 Å². The van der Waals surface area contributed by atoms with Gasteiger partial charge >= 0.3 is 0 Å². The van der Waals surface area contributed by atoms with Crippen LogP contribution in [-0.4, -0.2) is 30.1 Å². The average molecular weight is 274 g/mol. The summed E-state index contributed by atoms with van der Waals surface area (Å²) in [5.41, 5.74) is 1.41. The fourth-order valence-corrected chi connectivity index (χ4v) is 3.96. The van der Waals surface area contributed by atoms with Crippen LogP contribution >= 0.6 is 0 Å². The molecule has 1 aliphatic heterocycles. The molecule has 1 aliphatic rings. The smallest absolute Gasteiger partial charge is 0.0475 e. The number of benzene rings is 1. The predicted octanol–water partition coefficient (Wildman–Crippen LogP) is 3.99. The van der Waals surface area contributed by atoms with Gasteiger partial charge in [-0.2, -0.15) is 0 Å². The summed E-state index contributed by atoms with van der Waals surface area (Å²) in [6.45, 7) is 7.06. The summed E-state index contributed by atoms with van der Waals surface area (Å²) >= 11 is 0. The molecule has 0 bridgehead atoms. The molecule has 4 unspecified atom stereocenters. The molecule has 1 aromatic carbocycles. The summed E-state index contributed by atoms with van der Waals surface area (Å²) in [6, 6.07) is 13.4. The summed E-state index contributed by atoms with van der Waals surface area (Å²) in [5, 5.41) is 3.57. The molecule has 1 saturated heterocycles. The highest BCUT2D eigenvalue weighted by atomic mass is 15.3. The molecule has 2 rings (SSSR count). The Morgan fingerprint density at radius 3 is 2.45 bits per heavy atom. The first-order chi connectivity index (χ1) is 9.72. The molecule has 0 amide bonds. The second kappa shape index (κ2) is 7.24. The van der Waals surface area contributed by atoms with Crippen LogP contribution in [0.1, 0.15) is 58.1 Å². The monoisotopic (exact) mass is 274 g/mol. The molecule has 1 aromatic rings. The van der Waals surface area contributed by atoms with Gasteiger partial charge in [0.15, 0.2) is 0 Å². The number of hydrogen-bond acceptors (Lipinski definition) is 2. The van der Waals surface area contributed by atoms with Crippen molar-refractivity contribution in [3.05, 3.63) is 35.9 Å². The maximum atomic E-state index is 3.57. The Morgan fingerprint density at radius 2 is 1.90 bits per heavy atom. The maximum Gasteiger partial charge on any atom is 0.0475 e. The van der Waals surface area contributed by atoms with Crippen LogP contribution in [0.5, 0.6) is 0 Å². The van der Waals surface area contributed by atoms with Gasteiger partial charge in [-0.05, 0) is 45.2 Å². The Balaban J connectivity index is 2.25. The number of likely N-dealkylation sites (tertiary alicyclic amines) is 1. The molecule has 1 fully saturated rings. The van der Waals surface area contributed by atoms with Gasteiger partial charge in [-0.3, -0.25) is 4.90 Å². The van der Waals surface area contributed by atoms with Crippen LogP contribution in [-0.2, 0) is 0 Å². The fourth-order valence-electron chi connectivity index (χ4n) is 3.96. The van der Waals surface area contributed by atoms with E-state index in [1.165, 1.54) is 31.2 Å². The number of likely N-dealkylation sites (N-methyl/N-ethyl adjacent to an activating group) is 1. The topological polar surface area (TPSA) is 15.3 Å². The molecule has 1 N–H and O–H groups in total. The number of hydrogen-bond donors (Lipinski definition) is 1. The van der Waals surface area contributed by atoms with E-state index in [4.69, 9.17) is 0 Å². The Morgan fingerprint density at radius 1 is 1.20 bits per heavy atom. The van der Waals surface area contributed by atoms with E-state index < -0.39 is 0 Å². The van der Waals surface area contributed by atoms with Crippen LogP contribution in [0.2, 0.25) is 0 Å². The zero-order chi connectivity index (χ0) is 14.5.